The molecule has 0 unspecified atom stereocenters. The van der Waals surface area contributed by atoms with Crippen LogP contribution in [0.5, 0.6) is 0 Å². The molecule has 2 aromatic rings. The summed E-state index contributed by atoms with van der Waals surface area (Å²) in [6, 6.07) is 3.53. The second kappa shape index (κ2) is 4.86. The summed E-state index contributed by atoms with van der Waals surface area (Å²) in [7, 11) is -3.61. The first-order chi connectivity index (χ1) is 8.83. The number of sulfonamides is 1. The molecule has 1 aromatic carbocycles. The zero-order chi connectivity index (χ0) is 14.2. The maximum absolute atomic E-state index is 12.5. The van der Waals surface area contributed by atoms with Gasteiger partial charge in [-0.15, -0.1) is 0 Å². The Bertz CT molecular complexity index is 678. The Kier molecular flexibility index (Phi) is 3.56. The van der Waals surface area contributed by atoms with Gasteiger partial charge in [-0.2, -0.15) is 11.3 Å². The van der Waals surface area contributed by atoms with Crippen molar-refractivity contribution in [1.29, 1.82) is 0 Å². The minimum atomic E-state index is -3.61. The molecule has 19 heavy (non-hydrogen) atoms. The number of aryl methyl sites for hydroxylation is 1. The molecule has 0 atom stereocenters. The number of thiophene rings is 1. The first-order valence-corrected chi connectivity index (χ1v) is 8.17. The Morgan fingerprint density at radius 1 is 1.21 bits per heavy atom. The zero-order valence-corrected chi connectivity index (χ0v) is 12.7. The van der Waals surface area contributed by atoms with Gasteiger partial charge in [0, 0.05) is 11.1 Å². The number of nitrogens with one attached hydrogen (secondary N) is 1. The predicted molar refractivity (Wildman–Crippen MR) is 80.2 cm³/mol. The molecule has 6 heteroatoms. The van der Waals surface area contributed by atoms with Gasteiger partial charge in [-0.25, -0.2) is 8.42 Å². The number of nitrogens with two attached hydrogens (primary N) is 1. The van der Waals surface area contributed by atoms with Crippen LogP contribution in [-0.2, 0) is 10.0 Å². The van der Waals surface area contributed by atoms with Gasteiger partial charge in [0.15, 0.2) is 0 Å². The molecule has 0 saturated heterocycles. The number of hydrogen-bond donors (Lipinski definition) is 2. The lowest BCUT2D eigenvalue weighted by molar-refractivity contribution is 0.600. The molecular formula is C13H16N2O2S2. The quantitative estimate of drug-likeness (QED) is 0.855. The summed E-state index contributed by atoms with van der Waals surface area (Å²) in [6.45, 7) is 5.38. The van der Waals surface area contributed by atoms with E-state index in [2.05, 4.69) is 4.72 Å². The number of benzene rings is 1. The molecule has 0 aliphatic heterocycles. The van der Waals surface area contributed by atoms with E-state index in [4.69, 9.17) is 5.73 Å². The molecule has 1 heterocycles. The van der Waals surface area contributed by atoms with Crippen molar-refractivity contribution in [2.45, 2.75) is 25.7 Å². The molecule has 0 aliphatic carbocycles. The molecule has 4 nitrogen and oxygen atoms in total. The zero-order valence-electron chi connectivity index (χ0n) is 11.0. The largest absolute Gasteiger partial charge is 0.398 e. The van der Waals surface area contributed by atoms with E-state index in [9.17, 15) is 8.42 Å². The van der Waals surface area contributed by atoms with Crippen molar-refractivity contribution >= 4 is 32.7 Å². The topological polar surface area (TPSA) is 72.2 Å². The summed E-state index contributed by atoms with van der Waals surface area (Å²) in [4.78, 5) is 0.274. The van der Waals surface area contributed by atoms with Crippen LogP contribution in [0.25, 0.3) is 0 Å². The van der Waals surface area contributed by atoms with E-state index in [1.54, 1.807) is 31.4 Å². The first-order valence-electron chi connectivity index (χ1n) is 5.74. The summed E-state index contributed by atoms with van der Waals surface area (Å²) in [5.74, 6) is 0. The van der Waals surface area contributed by atoms with Crippen molar-refractivity contribution in [3.63, 3.8) is 0 Å². The van der Waals surface area contributed by atoms with Crippen LogP contribution in [0.4, 0.5) is 11.4 Å². The van der Waals surface area contributed by atoms with Gasteiger partial charge >= 0.3 is 0 Å². The van der Waals surface area contributed by atoms with E-state index < -0.39 is 10.0 Å². The minimum absolute atomic E-state index is 0.274. The van der Waals surface area contributed by atoms with Crippen LogP contribution in [0.3, 0.4) is 0 Å². The van der Waals surface area contributed by atoms with Gasteiger partial charge in [0.25, 0.3) is 10.0 Å². The van der Waals surface area contributed by atoms with Crippen LogP contribution < -0.4 is 10.5 Å². The fourth-order valence-corrected chi connectivity index (χ4v) is 4.26. The summed E-state index contributed by atoms with van der Waals surface area (Å²) in [5.41, 5.74) is 9.13. The standard InChI is InChI=1S/C13H16N2O2S2/c1-8-6-12(14)10(3)13(9(8)2)19(16,17)15-11-4-5-18-7-11/h4-7,15H,14H2,1-3H3. The minimum Gasteiger partial charge on any atom is -0.398 e. The van der Waals surface area contributed by atoms with Gasteiger partial charge in [-0.3, -0.25) is 4.72 Å². The monoisotopic (exact) mass is 296 g/mol. The van der Waals surface area contributed by atoms with E-state index >= 15 is 0 Å². The molecule has 0 fully saturated rings. The molecule has 3 N–H and O–H groups in total. The normalized spacial score (nSPS) is 11.5. The average Bonchev–Trinajstić information content (AvgIpc) is 2.78. The number of rotatable bonds is 3. The highest BCUT2D eigenvalue weighted by atomic mass is 32.2. The summed E-state index contributed by atoms with van der Waals surface area (Å²) < 4.78 is 27.5. The summed E-state index contributed by atoms with van der Waals surface area (Å²) in [6.07, 6.45) is 0. The molecule has 102 valence electrons. The number of anilines is 2. The van der Waals surface area contributed by atoms with Crippen LogP contribution in [0.2, 0.25) is 0 Å². The van der Waals surface area contributed by atoms with Gasteiger partial charge < -0.3 is 5.73 Å². The van der Waals surface area contributed by atoms with Crippen molar-refractivity contribution in [2.75, 3.05) is 10.5 Å². The van der Waals surface area contributed by atoms with Gasteiger partial charge in [0.2, 0.25) is 0 Å². The molecule has 0 bridgehead atoms. The third kappa shape index (κ3) is 2.59. The Balaban J connectivity index is 2.58. The van der Waals surface area contributed by atoms with Gasteiger partial charge in [-0.1, -0.05) is 0 Å². The lowest BCUT2D eigenvalue weighted by atomic mass is 10.1. The van der Waals surface area contributed by atoms with E-state index in [0.717, 1.165) is 11.1 Å². The van der Waals surface area contributed by atoms with Crippen molar-refractivity contribution < 1.29 is 8.42 Å². The maximum Gasteiger partial charge on any atom is 0.262 e. The Labute approximate surface area is 117 Å². The fraction of sp³-hybridized carbons (Fsp3) is 0.231. The molecule has 2 rings (SSSR count). The van der Waals surface area contributed by atoms with Crippen LogP contribution in [-0.4, -0.2) is 8.42 Å². The average molecular weight is 296 g/mol. The SMILES string of the molecule is Cc1cc(N)c(C)c(S(=O)(=O)Nc2ccsc2)c1C. The lowest BCUT2D eigenvalue weighted by Crippen LogP contribution is -2.16. The molecular weight excluding hydrogens is 280 g/mol. The van der Waals surface area contributed by atoms with E-state index in [-0.39, 0.29) is 4.90 Å². The van der Waals surface area contributed by atoms with Crippen LogP contribution >= 0.6 is 11.3 Å². The van der Waals surface area contributed by atoms with Crippen molar-refractivity contribution in [2.24, 2.45) is 0 Å². The smallest absolute Gasteiger partial charge is 0.262 e. The molecule has 0 aliphatic rings. The van der Waals surface area contributed by atoms with Crippen LogP contribution in [0.15, 0.2) is 27.8 Å². The Morgan fingerprint density at radius 3 is 2.47 bits per heavy atom. The lowest BCUT2D eigenvalue weighted by Gasteiger charge is -2.15. The van der Waals surface area contributed by atoms with Gasteiger partial charge in [-0.05, 0) is 55.0 Å². The van der Waals surface area contributed by atoms with Gasteiger partial charge in [0.05, 0.1) is 10.6 Å². The second-order valence-corrected chi connectivity index (χ2v) is 6.88. The molecule has 0 amide bonds. The number of nitrogen functional groups attached to an aromatic ring is 1. The number of hydrogen-bond acceptors (Lipinski definition) is 4. The summed E-state index contributed by atoms with van der Waals surface area (Å²) in [5, 5.41) is 3.57. The molecule has 0 radical (unpaired) electrons. The highest BCUT2D eigenvalue weighted by molar-refractivity contribution is 7.92. The predicted octanol–water partition coefficient (Wildman–Crippen LogP) is 3.06. The maximum atomic E-state index is 12.5. The van der Waals surface area contributed by atoms with Crippen molar-refractivity contribution in [3.8, 4) is 0 Å². The first kappa shape index (κ1) is 13.9. The molecule has 0 spiro atoms. The molecule has 1 aromatic heterocycles. The van der Waals surface area contributed by atoms with E-state index in [0.29, 0.717) is 16.9 Å². The Morgan fingerprint density at radius 2 is 1.89 bits per heavy atom. The highest BCUT2D eigenvalue weighted by Crippen LogP contribution is 2.29. The third-order valence-electron chi connectivity index (χ3n) is 3.12. The van der Waals surface area contributed by atoms with E-state index in [1.807, 2.05) is 12.3 Å². The fourth-order valence-electron chi connectivity index (χ4n) is 1.97. The second-order valence-electron chi connectivity index (χ2n) is 4.48. The van der Waals surface area contributed by atoms with Crippen LogP contribution in [0, 0.1) is 20.8 Å². The van der Waals surface area contributed by atoms with E-state index in [1.165, 1.54) is 11.3 Å². The van der Waals surface area contributed by atoms with Crippen LogP contribution in [0.1, 0.15) is 16.7 Å². The Hall–Kier alpha value is -1.53. The van der Waals surface area contributed by atoms with Crippen molar-refractivity contribution in [3.05, 3.63) is 39.6 Å². The summed E-state index contributed by atoms with van der Waals surface area (Å²) >= 11 is 1.44. The molecule has 0 saturated carbocycles. The third-order valence-corrected chi connectivity index (χ3v) is 5.46. The highest BCUT2D eigenvalue weighted by Gasteiger charge is 2.22. The van der Waals surface area contributed by atoms with Gasteiger partial charge in [0.1, 0.15) is 0 Å². The van der Waals surface area contributed by atoms with Crippen molar-refractivity contribution in [1.82, 2.24) is 0 Å².